The number of fused-ring (bicyclic) bond motifs is 1. The zero-order valence-electron chi connectivity index (χ0n) is 12.2. The van der Waals surface area contributed by atoms with Crippen molar-refractivity contribution in [2.75, 3.05) is 18.5 Å². The highest BCUT2D eigenvalue weighted by molar-refractivity contribution is 7.13. The zero-order chi connectivity index (χ0) is 16.1. The lowest BCUT2D eigenvalue weighted by Crippen LogP contribution is -2.44. The van der Waals surface area contributed by atoms with Crippen molar-refractivity contribution in [1.82, 2.24) is 10.3 Å². The number of para-hydroxylation sites is 2. The summed E-state index contributed by atoms with van der Waals surface area (Å²) < 4.78 is 11.1. The Kier molecular flexibility index (Phi) is 4.72. The molecule has 0 saturated carbocycles. The molecular formula is C15H15N3O4S. The Bertz CT molecular complexity index is 690. The summed E-state index contributed by atoms with van der Waals surface area (Å²) in [7, 11) is 0. The van der Waals surface area contributed by atoms with Gasteiger partial charge in [-0.25, -0.2) is 4.98 Å². The van der Waals surface area contributed by atoms with E-state index in [0.29, 0.717) is 16.6 Å². The minimum atomic E-state index is -0.716. The topological polar surface area (TPSA) is 89.6 Å². The number of nitrogens with one attached hydrogen (secondary N) is 2. The summed E-state index contributed by atoms with van der Waals surface area (Å²) in [5.74, 6) is 0.660. The van der Waals surface area contributed by atoms with Crippen LogP contribution in [0.3, 0.4) is 0 Å². The molecular weight excluding hydrogens is 318 g/mol. The van der Waals surface area contributed by atoms with Crippen LogP contribution >= 0.6 is 11.3 Å². The standard InChI is InChI=1S/C15H15N3O4S/c19-13(18-15-17-7-8-23-15)5-6-16-14(20)12-9-21-10-3-1-2-4-11(10)22-12/h1-4,7-8,12H,5-6,9H2,(H,16,20)(H,17,18,19). The van der Waals surface area contributed by atoms with Crippen LogP contribution in [0.15, 0.2) is 35.8 Å². The van der Waals surface area contributed by atoms with Gasteiger partial charge in [0.2, 0.25) is 12.0 Å². The summed E-state index contributed by atoms with van der Waals surface area (Å²) in [5.41, 5.74) is 0. The molecule has 1 aromatic heterocycles. The van der Waals surface area contributed by atoms with Gasteiger partial charge in [0, 0.05) is 24.5 Å². The molecule has 0 fully saturated rings. The maximum absolute atomic E-state index is 12.0. The lowest BCUT2D eigenvalue weighted by atomic mass is 10.2. The second kappa shape index (κ2) is 7.10. The highest BCUT2D eigenvalue weighted by Gasteiger charge is 2.26. The number of aromatic nitrogens is 1. The maximum Gasteiger partial charge on any atom is 0.264 e. The fourth-order valence-electron chi connectivity index (χ4n) is 2.03. The number of carbonyl (C=O) groups excluding carboxylic acids is 2. The summed E-state index contributed by atoms with van der Waals surface area (Å²) in [6.07, 6.45) is 1.06. The molecule has 0 spiro atoms. The molecule has 0 radical (unpaired) electrons. The van der Waals surface area contributed by atoms with Crippen LogP contribution in [-0.2, 0) is 9.59 Å². The number of amides is 2. The fraction of sp³-hybridized carbons (Fsp3) is 0.267. The number of carbonyl (C=O) groups is 2. The van der Waals surface area contributed by atoms with E-state index >= 15 is 0 Å². The van der Waals surface area contributed by atoms with Crippen LogP contribution in [0, 0.1) is 0 Å². The first-order chi connectivity index (χ1) is 11.2. The fourth-order valence-corrected chi connectivity index (χ4v) is 2.57. The quantitative estimate of drug-likeness (QED) is 0.864. The van der Waals surface area contributed by atoms with E-state index in [9.17, 15) is 9.59 Å². The summed E-state index contributed by atoms with van der Waals surface area (Å²) in [4.78, 5) is 27.7. The van der Waals surface area contributed by atoms with Crippen molar-refractivity contribution in [3.8, 4) is 11.5 Å². The number of anilines is 1. The van der Waals surface area contributed by atoms with Gasteiger partial charge in [-0.1, -0.05) is 12.1 Å². The van der Waals surface area contributed by atoms with Gasteiger partial charge in [-0.2, -0.15) is 0 Å². The summed E-state index contributed by atoms with van der Waals surface area (Å²) >= 11 is 1.34. The van der Waals surface area contributed by atoms with E-state index in [1.165, 1.54) is 11.3 Å². The van der Waals surface area contributed by atoms with Crippen molar-refractivity contribution in [1.29, 1.82) is 0 Å². The Balaban J connectivity index is 1.42. The molecule has 8 heteroatoms. The predicted octanol–water partition coefficient (Wildman–Crippen LogP) is 1.43. The smallest absolute Gasteiger partial charge is 0.264 e. The third kappa shape index (κ3) is 3.98. The van der Waals surface area contributed by atoms with Crippen LogP contribution in [0.25, 0.3) is 0 Å². The van der Waals surface area contributed by atoms with Crippen molar-refractivity contribution in [2.24, 2.45) is 0 Å². The first-order valence-electron chi connectivity index (χ1n) is 7.08. The van der Waals surface area contributed by atoms with Crippen molar-refractivity contribution >= 4 is 28.3 Å². The summed E-state index contributed by atoms with van der Waals surface area (Å²) in [5, 5.41) is 7.64. The van der Waals surface area contributed by atoms with Crippen molar-refractivity contribution in [2.45, 2.75) is 12.5 Å². The van der Waals surface area contributed by atoms with Crippen molar-refractivity contribution < 1.29 is 19.1 Å². The van der Waals surface area contributed by atoms with Crippen LogP contribution in [-0.4, -0.2) is 36.1 Å². The second-order valence-electron chi connectivity index (χ2n) is 4.79. The maximum atomic E-state index is 12.0. The molecule has 1 aliphatic heterocycles. The molecule has 1 aliphatic rings. The number of rotatable bonds is 5. The first kappa shape index (κ1) is 15.3. The molecule has 2 aromatic rings. The molecule has 0 aliphatic carbocycles. The third-order valence-electron chi connectivity index (χ3n) is 3.13. The minimum Gasteiger partial charge on any atom is -0.485 e. The normalized spacial score (nSPS) is 15.7. The van der Waals surface area contributed by atoms with Crippen molar-refractivity contribution in [3.05, 3.63) is 35.8 Å². The number of benzene rings is 1. The van der Waals surface area contributed by atoms with Gasteiger partial charge in [-0.15, -0.1) is 11.3 Å². The molecule has 1 unspecified atom stereocenters. The van der Waals surface area contributed by atoms with E-state index in [0.717, 1.165) is 0 Å². The highest BCUT2D eigenvalue weighted by Crippen LogP contribution is 2.30. The second-order valence-corrected chi connectivity index (χ2v) is 5.69. The molecule has 1 aromatic carbocycles. The molecule has 120 valence electrons. The van der Waals surface area contributed by atoms with E-state index < -0.39 is 6.10 Å². The molecule has 0 bridgehead atoms. The van der Waals surface area contributed by atoms with Crippen LogP contribution in [0.2, 0.25) is 0 Å². The average Bonchev–Trinajstić information content (AvgIpc) is 3.07. The van der Waals surface area contributed by atoms with E-state index in [1.54, 1.807) is 23.7 Å². The summed E-state index contributed by atoms with van der Waals surface area (Å²) in [6, 6.07) is 7.18. The molecule has 2 amide bonds. The Morgan fingerprint density at radius 3 is 2.91 bits per heavy atom. The van der Waals surface area contributed by atoms with Crippen LogP contribution in [0.4, 0.5) is 5.13 Å². The van der Waals surface area contributed by atoms with E-state index in [2.05, 4.69) is 15.6 Å². The Morgan fingerprint density at radius 2 is 2.13 bits per heavy atom. The van der Waals surface area contributed by atoms with Gasteiger partial charge in [-0.05, 0) is 12.1 Å². The van der Waals surface area contributed by atoms with E-state index in [4.69, 9.17) is 9.47 Å². The number of thiazole rings is 1. The monoisotopic (exact) mass is 333 g/mol. The van der Waals surface area contributed by atoms with Gasteiger partial charge in [0.15, 0.2) is 16.6 Å². The van der Waals surface area contributed by atoms with Crippen LogP contribution < -0.4 is 20.1 Å². The molecule has 2 heterocycles. The Hall–Kier alpha value is -2.61. The van der Waals surface area contributed by atoms with Gasteiger partial charge in [0.05, 0.1) is 0 Å². The number of ether oxygens (including phenoxy) is 2. The number of hydrogen-bond acceptors (Lipinski definition) is 6. The molecule has 2 N–H and O–H groups in total. The van der Waals surface area contributed by atoms with Gasteiger partial charge >= 0.3 is 0 Å². The SMILES string of the molecule is O=C(CCNC(=O)C1COc2ccccc2O1)Nc1nccs1. The Labute approximate surface area is 136 Å². The van der Waals surface area contributed by atoms with Gasteiger partial charge in [-0.3, -0.25) is 9.59 Å². The minimum absolute atomic E-state index is 0.147. The van der Waals surface area contributed by atoms with E-state index in [-0.39, 0.29) is 31.4 Å². The molecule has 3 rings (SSSR count). The van der Waals surface area contributed by atoms with E-state index in [1.807, 2.05) is 12.1 Å². The van der Waals surface area contributed by atoms with Crippen LogP contribution in [0.5, 0.6) is 11.5 Å². The lowest BCUT2D eigenvalue weighted by Gasteiger charge is -2.25. The molecule has 0 saturated heterocycles. The first-order valence-corrected chi connectivity index (χ1v) is 7.96. The number of nitrogens with zero attached hydrogens (tertiary/aromatic N) is 1. The third-order valence-corrected chi connectivity index (χ3v) is 3.82. The lowest BCUT2D eigenvalue weighted by molar-refractivity contribution is -0.130. The van der Waals surface area contributed by atoms with Gasteiger partial charge in [0.1, 0.15) is 6.61 Å². The largest absolute Gasteiger partial charge is 0.485 e. The predicted molar refractivity (Wildman–Crippen MR) is 84.7 cm³/mol. The highest BCUT2D eigenvalue weighted by atomic mass is 32.1. The van der Waals surface area contributed by atoms with Gasteiger partial charge < -0.3 is 20.1 Å². The summed E-state index contributed by atoms with van der Waals surface area (Å²) in [6.45, 7) is 0.367. The zero-order valence-corrected chi connectivity index (χ0v) is 13.0. The Morgan fingerprint density at radius 1 is 1.30 bits per heavy atom. The molecule has 7 nitrogen and oxygen atoms in total. The molecule has 23 heavy (non-hydrogen) atoms. The van der Waals surface area contributed by atoms with Crippen LogP contribution in [0.1, 0.15) is 6.42 Å². The number of hydrogen-bond donors (Lipinski definition) is 2. The van der Waals surface area contributed by atoms with Crippen molar-refractivity contribution in [3.63, 3.8) is 0 Å². The molecule has 1 atom stereocenters. The average molecular weight is 333 g/mol. The van der Waals surface area contributed by atoms with Gasteiger partial charge in [0.25, 0.3) is 5.91 Å².